The van der Waals surface area contributed by atoms with Crippen molar-refractivity contribution in [1.82, 2.24) is 5.32 Å². The van der Waals surface area contributed by atoms with Gasteiger partial charge in [-0.05, 0) is 29.8 Å². The first kappa shape index (κ1) is 15.7. The molecular formula is C17H14N2O5. The zero-order valence-corrected chi connectivity index (χ0v) is 12.5. The molecule has 2 atom stereocenters. The van der Waals surface area contributed by atoms with E-state index in [0.29, 0.717) is 11.1 Å². The van der Waals surface area contributed by atoms with E-state index in [-0.39, 0.29) is 18.0 Å². The van der Waals surface area contributed by atoms with Crippen molar-refractivity contribution < 1.29 is 19.2 Å². The highest BCUT2D eigenvalue weighted by atomic mass is 16.6. The SMILES string of the molecule is O=C(N[C@H]1C[C@@H](c2ccc([N+](=O)[O-])cc2)OC1=O)c1ccccc1. The number of amides is 1. The van der Waals surface area contributed by atoms with Crippen molar-refractivity contribution in [2.45, 2.75) is 18.6 Å². The van der Waals surface area contributed by atoms with Crippen LogP contribution in [-0.2, 0) is 9.53 Å². The minimum atomic E-state index is -0.738. The summed E-state index contributed by atoms with van der Waals surface area (Å²) >= 11 is 0. The van der Waals surface area contributed by atoms with Crippen LogP contribution in [0.4, 0.5) is 5.69 Å². The molecule has 0 radical (unpaired) electrons. The molecule has 7 nitrogen and oxygen atoms in total. The number of nitro benzene ring substituents is 1. The first-order valence-electron chi connectivity index (χ1n) is 7.35. The number of ether oxygens (including phenoxy) is 1. The first-order chi connectivity index (χ1) is 11.5. The van der Waals surface area contributed by atoms with Crippen LogP contribution in [0.1, 0.15) is 28.4 Å². The fourth-order valence-corrected chi connectivity index (χ4v) is 2.54. The van der Waals surface area contributed by atoms with Gasteiger partial charge in [-0.25, -0.2) is 4.79 Å². The summed E-state index contributed by atoms with van der Waals surface area (Å²) in [6, 6.07) is 13.7. The van der Waals surface area contributed by atoms with Crippen molar-refractivity contribution >= 4 is 17.6 Å². The van der Waals surface area contributed by atoms with Gasteiger partial charge in [0.2, 0.25) is 0 Å². The Labute approximate surface area is 137 Å². The zero-order chi connectivity index (χ0) is 17.1. The minimum Gasteiger partial charge on any atom is -0.456 e. The number of hydrogen-bond donors (Lipinski definition) is 1. The Hall–Kier alpha value is -3.22. The quantitative estimate of drug-likeness (QED) is 0.528. The van der Waals surface area contributed by atoms with Crippen LogP contribution >= 0.6 is 0 Å². The smallest absolute Gasteiger partial charge is 0.329 e. The van der Waals surface area contributed by atoms with E-state index in [1.807, 2.05) is 0 Å². The number of nitrogens with zero attached hydrogens (tertiary/aromatic N) is 1. The molecule has 1 heterocycles. The lowest BCUT2D eigenvalue weighted by Gasteiger charge is -2.09. The maximum absolute atomic E-state index is 12.1. The first-order valence-corrected chi connectivity index (χ1v) is 7.35. The summed E-state index contributed by atoms with van der Waals surface area (Å²) in [5.41, 5.74) is 1.09. The maximum Gasteiger partial charge on any atom is 0.329 e. The highest BCUT2D eigenvalue weighted by molar-refractivity contribution is 5.97. The topological polar surface area (TPSA) is 98.5 Å². The lowest BCUT2D eigenvalue weighted by molar-refractivity contribution is -0.384. The fraction of sp³-hybridized carbons (Fsp3) is 0.176. The van der Waals surface area contributed by atoms with Gasteiger partial charge in [0, 0.05) is 24.1 Å². The van der Waals surface area contributed by atoms with Gasteiger partial charge < -0.3 is 10.1 Å². The molecule has 1 aliphatic rings. The van der Waals surface area contributed by atoms with E-state index in [2.05, 4.69) is 5.32 Å². The average Bonchev–Trinajstić information content (AvgIpc) is 2.96. The molecule has 1 N–H and O–H groups in total. The molecule has 3 rings (SSSR count). The molecule has 2 aromatic rings. The molecule has 1 aliphatic heterocycles. The van der Waals surface area contributed by atoms with E-state index in [9.17, 15) is 19.7 Å². The van der Waals surface area contributed by atoms with Crippen molar-refractivity contribution in [3.63, 3.8) is 0 Å². The van der Waals surface area contributed by atoms with Crippen LogP contribution in [0.5, 0.6) is 0 Å². The molecule has 122 valence electrons. The number of nitrogens with one attached hydrogen (secondary N) is 1. The third-order valence-corrected chi connectivity index (χ3v) is 3.81. The highest BCUT2D eigenvalue weighted by Gasteiger charge is 2.36. The monoisotopic (exact) mass is 326 g/mol. The van der Waals surface area contributed by atoms with Crippen molar-refractivity contribution in [3.8, 4) is 0 Å². The number of carbonyl (C=O) groups is 2. The second kappa shape index (κ2) is 6.49. The summed E-state index contributed by atoms with van der Waals surface area (Å²) in [7, 11) is 0. The number of esters is 1. The van der Waals surface area contributed by atoms with E-state index in [4.69, 9.17) is 4.74 Å². The molecule has 1 amide bonds. The number of non-ortho nitro benzene ring substituents is 1. The van der Waals surface area contributed by atoms with Crippen LogP contribution < -0.4 is 5.32 Å². The molecule has 0 spiro atoms. The van der Waals surface area contributed by atoms with E-state index in [1.165, 1.54) is 12.1 Å². The number of nitro groups is 1. The Morgan fingerprint density at radius 1 is 1.12 bits per heavy atom. The van der Waals surface area contributed by atoms with Crippen LogP contribution in [0.2, 0.25) is 0 Å². The zero-order valence-electron chi connectivity index (χ0n) is 12.5. The van der Waals surface area contributed by atoms with Gasteiger partial charge in [-0.1, -0.05) is 18.2 Å². The van der Waals surface area contributed by atoms with Gasteiger partial charge in [-0.15, -0.1) is 0 Å². The van der Waals surface area contributed by atoms with Crippen molar-refractivity contribution in [3.05, 3.63) is 75.8 Å². The molecule has 1 fully saturated rings. The predicted molar refractivity (Wildman–Crippen MR) is 84.2 cm³/mol. The van der Waals surface area contributed by atoms with Crippen LogP contribution in [0.15, 0.2) is 54.6 Å². The van der Waals surface area contributed by atoms with Gasteiger partial charge in [0.15, 0.2) is 0 Å². The summed E-state index contributed by atoms with van der Waals surface area (Å²) < 4.78 is 5.27. The summed E-state index contributed by atoms with van der Waals surface area (Å²) in [6.07, 6.45) is -0.241. The second-order valence-corrected chi connectivity index (χ2v) is 5.40. The van der Waals surface area contributed by atoms with Gasteiger partial charge >= 0.3 is 5.97 Å². The lowest BCUT2D eigenvalue weighted by Crippen LogP contribution is -2.37. The normalized spacial score (nSPS) is 19.6. The molecule has 0 unspecified atom stereocenters. The van der Waals surface area contributed by atoms with Gasteiger partial charge in [0.05, 0.1) is 4.92 Å². The highest BCUT2D eigenvalue weighted by Crippen LogP contribution is 2.30. The molecule has 0 aromatic heterocycles. The molecule has 7 heteroatoms. The standard InChI is InChI=1S/C17H14N2O5/c20-16(12-4-2-1-3-5-12)18-14-10-15(24-17(14)21)11-6-8-13(9-7-11)19(22)23/h1-9,14-15H,10H2,(H,18,20)/t14-,15-/m0/s1. The molecule has 0 saturated carbocycles. The summed E-state index contributed by atoms with van der Waals surface area (Å²) in [6.45, 7) is 0. The third kappa shape index (κ3) is 3.24. The second-order valence-electron chi connectivity index (χ2n) is 5.40. The Kier molecular flexibility index (Phi) is 4.24. The largest absolute Gasteiger partial charge is 0.456 e. The minimum absolute atomic E-state index is 0.0306. The van der Waals surface area contributed by atoms with Crippen LogP contribution in [0.25, 0.3) is 0 Å². The van der Waals surface area contributed by atoms with Gasteiger partial charge in [0.25, 0.3) is 11.6 Å². The van der Waals surface area contributed by atoms with Crippen LogP contribution in [-0.4, -0.2) is 22.8 Å². The fourth-order valence-electron chi connectivity index (χ4n) is 2.54. The Balaban J connectivity index is 1.67. The molecule has 0 aliphatic carbocycles. The van der Waals surface area contributed by atoms with Crippen molar-refractivity contribution in [2.24, 2.45) is 0 Å². The number of cyclic esters (lactones) is 1. The maximum atomic E-state index is 12.1. The average molecular weight is 326 g/mol. The van der Waals surface area contributed by atoms with E-state index in [1.54, 1.807) is 42.5 Å². The molecular weight excluding hydrogens is 312 g/mol. The molecule has 1 saturated heterocycles. The third-order valence-electron chi connectivity index (χ3n) is 3.81. The predicted octanol–water partition coefficient (Wildman–Crippen LogP) is 2.38. The lowest BCUT2D eigenvalue weighted by atomic mass is 10.0. The van der Waals surface area contributed by atoms with Crippen molar-refractivity contribution in [1.29, 1.82) is 0 Å². The van der Waals surface area contributed by atoms with E-state index >= 15 is 0 Å². The van der Waals surface area contributed by atoms with Gasteiger partial charge in [-0.2, -0.15) is 0 Å². The number of rotatable bonds is 4. The number of benzene rings is 2. The number of carbonyl (C=O) groups excluding carboxylic acids is 2. The van der Waals surface area contributed by atoms with E-state index < -0.39 is 23.0 Å². The molecule has 0 bridgehead atoms. The number of hydrogen-bond acceptors (Lipinski definition) is 5. The van der Waals surface area contributed by atoms with Crippen molar-refractivity contribution in [2.75, 3.05) is 0 Å². The molecule has 2 aromatic carbocycles. The summed E-state index contributed by atoms with van der Waals surface area (Å²) in [5.74, 6) is -0.857. The molecule has 24 heavy (non-hydrogen) atoms. The summed E-state index contributed by atoms with van der Waals surface area (Å²) in [5, 5.41) is 13.3. The van der Waals surface area contributed by atoms with E-state index in [0.717, 1.165) is 0 Å². The van der Waals surface area contributed by atoms with Gasteiger partial charge in [-0.3, -0.25) is 14.9 Å². The Morgan fingerprint density at radius 3 is 2.42 bits per heavy atom. The van der Waals surface area contributed by atoms with Crippen LogP contribution in [0, 0.1) is 10.1 Å². The summed E-state index contributed by atoms with van der Waals surface area (Å²) in [4.78, 5) is 34.2. The Morgan fingerprint density at radius 2 is 1.79 bits per heavy atom. The van der Waals surface area contributed by atoms with Gasteiger partial charge in [0.1, 0.15) is 12.1 Å². The Bertz CT molecular complexity index is 773. The van der Waals surface area contributed by atoms with Crippen LogP contribution in [0.3, 0.4) is 0 Å².